The molecular weight excluding hydrogens is 575 g/mol. The number of ether oxygens (including phenoxy) is 1. The van der Waals surface area contributed by atoms with Crippen molar-refractivity contribution >= 4 is 23.5 Å². The minimum Gasteiger partial charge on any atom is -0.481 e. The number of rotatable bonds is 10. The number of aliphatic carboxylic acids is 1. The van der Waals surface area contributed by atoms with Crippen molar-refractivity contribution in [1.29, 1.82) is 0 Å². The zero-order chi connectivity index (χ0) is 32.3. The molecule has 2 aromatic carbocycles. The number of hydrogen-bond acceptors (Lipinski definition) is 5. The van der Waals surface area contributed by atoms with E-state index in [1.807, 2.05) is 11.8 Å². The van der Waals surface area contributed by atoms with Crippen molar-refractivity contribution in [2.45, 2.75) is 90.7 Å². The summed E-state index contributed by atoms with van der Waals surface area (Å²) in [7, 11) is 0. The fraction of sp³-hybridized carbons (Fsp3) is 0.515. The fourth-order valence-electron chi connectivity index (χ4n) is 6.33. The molecule has 1 spiro atoms. The zero-order valence-electron chi connectivity index (χ0n) is 25.5. The Morgan fingerprint density at radius 1 is 1.11 bits per heavy atom. The Labute approximate surface area is 255 Å². The van der Waals surface area contributed by atoms with E-state index in [1.165, 1.54) is 18.2 Å². The van der Waals surface area contributed by atoms with Gasteiger partial charge in [0.25, 0.3) is 11.8 Å². The highest BCUT2D eigenvalue weighted by Gasteiger charge is 2.52. The molecule has 2 amide bonds. The van der Waals surface area contributed by atoms with E-state index in [4.69, 9.17) is 10.1 Å². The second-order valence-electron chi connectivity index (χ2n) is 12.7. The molecule has 1 heterocycles. The molecule has 1 fully saturated rings. The van der Waals surface area contributed by atoms with E-state index in [0.29, 0.717) is 30.7 Å². The van der Waals surface area contributed by atoms with Gasteiger partial charge >= 0.3 is 12.3 Å². The van der Waals surface area contributed by atoms with Crippen LogP contribution in [-0.2, 0) is 9.59 Å². The molecule has 2 aliphatic rings. The number of carbonyl (C=O) groups excluding carboxylic acids is 2. The molecule has 0 aromatic heterocycles. The molecule has 0 radical (unpaired) electrons. The van der Waals surface area contributed by atoms with Gasteiger partial charge in [0.1, 0.15) is 17.1 Å². The van der Waals surface area contributed by atoms with Crippen molar-refractivity contribution in [3.05, 3.63) is 65.2 Å². The van der Waals surface area contributed by atoms with Crippen molar-refractivity contribution in [3.63, 3.8) is 0 Å². The van der Waals surface area contributed by atoms with Crippen LogP contribution in [0.2, 0.25) is 0 Å². The van der Waals surface area contributed by atoms with E-state index < -0.39 is 35.7 Å². The Bertz CT molecular complexity index is 1390. The Morgan fingerprint density at radius 2 is 1.77 bits per heavy atom. The molecule has 8 nitrogen and oxygen atoms in total. The lowest BCUT2D eigenvalue weighted by Gasteiger charge is -2.47. The van der Waals surface area contributed by atoms with Gasteiger partial charge in [0.15, 0.2) is 0 Å². The topological polar surface area (TPSA) is 108 Å². The van der Waals surface area contributed by atoms with E-state index in [-0.39, 0.29) is 35.6 Å². The zero-order valence-corrected chi connectivity index (χ0v) is 25.5. The smallest absolute Gasteiger partial charge is 0.481 e. The van der Waals surface area contributed by atoms with Gasteiger partial charge in [-0.1, -0.05) is 58.4 Å². The fourth-order valence-corrected chi connectivity index (χ4v) is 6.33. The monoisotopic (exact) mass is 615 g/mol. The van der Waals surface area contributed by atoms with Crippen LogP contribution in [0.4, 0.5) is 13.2 Å². The third-order valence-electron chi connectivity index (χ3n) is 8.60. The van der Waals surface area contributed by atoms with Crippen molar-refractivity contribution in [2.24, 2.45) is 16.3 Å². The quantitative estimate of drug-likeness (QED) is 0.303. The van der Waals surface area contributed by atoms with Gasteiger partial charge < -0.3 is 20.1 Å². The molecule has 0 saturated heterocycles. The average molecular weight is 616 g/mol. The maximum Gasteiger partial charge on any atom is 0.573 e. The summed E-state index contributed by atoms with van der Waals surface area (Å²) in [6, 6.07) is 11.9. The summed E-state index contributed by atoms with van der Waals surface area (Å²) < 4.78 is 43.1. The first-order valence-corrected chi connectivity index (χ1v) is 15.0. The Hall–Kier alpha value is -3.89. The summed E-state index contributed by atoms with van der Waals surface area (Å²) in [5.41, 5.74) is 0.768. The third kappa shape index (κ3) is 7.60. The van der Waals surface area contributed by atoms with Crippen LogP contribution < -0.4 is 10.1 Å². The number of halogens is 3. The van der Waals surface area contributed by atoms with E-state index in [0.717, 1.165) is 24.8 Å². The molecule has 2 aromatic rings. The second kappa shape index (κ2) is 13.0. The number of nitrogens with one attached hydrogen (secondary N) is 1. The number of carboxylic acid groups (broad SMARTS) is 1. The maximum atomic E-state index is 14.3. The normalized spacial score (nSPS) is 21.2. The van der Waals surface area contributed by atoms with E-state index in [9.17, 15) is 27.6 Å². The molecule has 4 rings (SSSR count). The minimum atomic E-state index is -4.87. The summed E-state index contributed by atoms with van der Waals surface area (Å²) in [5.74, 6) is -1.75. The largest absolute Gasteiger partial charge is 0.573 e. The number of benzene rings is 2. The van der Waals surface area contributed by atoms with Crippen molar-refractivity contribution in [1.82, 2.24) is 10.2 Å². The van der Waals surface area contributed by atoms with Gasteiger partial charge in [-0.15, -0.1) is 13.2 Å². The Morgan fingerprint density at radius 3 is 2.34 bits per heavy atom. The van der Waals surface area contributed by atoms with E-state index in [1.54, 1.807) is 30.3 Å². The standard InChI is InChI=1S/C33H40F3N3O5/c1-5-7-26(21-10-12-22(13-11-21)29(42)37-19-16-27(40)41)39-30(43)28(23-8-6-9-25(20-23)44-33(34,35)36)38-32(39)17-14-24(15-18-32)31(2,3)4/h6,8-13,20,24,26H,5,7,14-19H2,1-4H3,(H,37,42)(H,40,41)/t24?,26-,32?/m1/s1. The summed E-state index contributed by atoms with van der Waals surface area (Å²) in [6.45, 7) is 8.62. The Balaban J connectivity index is 1.69. The average Bonchev–Trinajstić information content (AvgIpc) is 3.21. The first-order valence-electron chi connectivity index (χ1n) is 15.0. The van der Waals surface area contributed by atoms with Gasteiger partial charge in [0, 0.05) is 17.7 Å². The predicted octanol–water partition coefficient (Wildman–Crippen LogP) is 6.90. The number of amides is 2. The van der Waals surface area contributed by atoms with Crippen LogP contribution in [0.25, 0.3) is 0 Å². The molecule has 2 N–H and O–H groups in total. The van der Waals surface area contributed by atoms with Gasteiger partial charge in [-0.05, 0) is 73.3 Å². The van der Waals surface area contributed by atoms with Crippen molar-refractivity contribution < 1.29 is 37.4 Å². The maximum absolute atomic E-state index is 14.3. The summed E-state index contributed by atoms with van der Waals surface area (Å²) in [6.07, 6.45) is -0.780. The number of nitrogens with zero attached hydrogens (tertiary/aromatic N) is 2. The number of carbonyl (C=O) groups is 3. The molecule has 0 bridgehead atoms. The highest BCUT2D eigenvalue weighted by atomic mass is 19.4. The van der Waals surface area contributed by atoms with Crippen LogP contribution in [0.3, 0.4) is 0 Å². The summed E-state index contributed by atoms with van der Waals surface area (Å²) >= 11 is 0. The SMILES string of the molecule is CCC[C@H](c1ccc(C(=O)NCCC(=O)O)cc1)N1C(=O)C(c2cccc(OC(F)(F)F)c2)=NC12CCC(C(C)(C)C)CC2. The van der Waals surface area contributed by atoms with Crippen LogP contribution in [0.5, 0.6) is 5.75 Å². The first kappa shape index (κ1) is 33.0. The lowest BCUT2D eigenvalue weighted by Crippen LogP contribution is -2.51. The molecule has 238 valence electrons. The molecular formula is C33H40F3N3O5. The van der Waals surface area contributed by atoms with Crippen LogP contribution >= 0.6 is 0 Å². The van der Waals surface area contributed by atoms with Crippen LogP contribution in [0.1, 0.15) is 100 Å². The van der Waals surface area contributed by atoms with Crippen LogP contribution in [0.15, 0.2) is 53.5 Å². The molecule has 1 atom stereocenters. The minimum absolute atomic E-state index is 0.00403. The number of hydrogen-bond donors (Lipinski definition) is 2. The molecule has 1 aliphatic heterocycles. The van der Waals surface area contributed by atoms with Gasteiger partial charge in [-0.3, -0.25) is 19.4 Å². The highest BCUT2D eigenvalue weighted by Crippen LogP contribution is 2.50. The summed E-state index contributed by atoms with van der Waals surface area (Å²) in [5, 5.41) is 11.4. The second-order valence-corrected chi connectivity index (χ2v) is 12.7. The van der Waals surface area contributed by atoms with Crippen molar-refractivity contribution in [2.75, 3.05) is 6.54 Å². The lowest BCUT2D eigenvalue weighted by atomic mass is 9.69. The Kier molecular flexibility index (Phi) is 9.75. The molecule has 1 aliphatic carbocycles. The first-order chi connectivity index (χ1) is 20.6. The highest BCUT2D eigenvalue weighted by molar-refractivity contribution is 6.46. The van der Waals surface area contributed by atoms with E-state index in [2.05, 4.69) is 30.8 Å². The van der Waals surface area contributed by atoms with Crippen LogP contribution in [-0.4, -0.2) is 52.1 Å². The number of carboxylic acids is 1. The predicted molar refractivity (Wildman–Crippen MR) is 159 cm³/mol. The van der Waals surface area contributed by atoms with Gasteiger partial charge in [-0.25, -0.2) is 0 Å². The van der Waals surface area contributed by atoms with Gasteiger partial charge in [-0.2, -0.15) is 0 Å². The van der Waals surface area contributed by atoms with Crippen molar-refractivity contribution in [3.8, 4) is 5.75 Å². The molecule has 11 heteroatoms. The molecule has 44 heavy (non-hydrogen) atoms. The lowest BCUT2D eigenvalue weighted by molar-refractivity contribution is -0.274. The van der Waals surface area contributed by atoms with E-state index >= 15 is 0 Å². The third-order valence-corrected chi connectivity index (χ3v) is 8.60. The summed E-state index contributed by atoms with van der Waals surface area (Å²) in [4.78, 5) is 44.5. The molecule has 1 saturated carbocycles. The molecule has 0 unspecified atom stereocenters. The van der Waals surface area contributed by atoms with Crippen LogP contribution in [0, 0.1) is 11.3 Å². The van der Waals surface area contributed by atoms with Gasteiger partial charge in [0.05, 0.1) is 12.5 Å². The van der Waals surface area contributed by atoms with Gasteiger partial charge in [0.2, 0.25) is 0 Å². The number of alkyl halides is 3. The number of aliphatic imine (C=N–C) groups is 1.